The zero-order valence-electron chi connectivity index (χ0n) is 8.06. The molecule has 1 rings (SSSR count). The predicted molar refractivity (Wildman–Crippen MR) is 49.5 cm³/mol. The van der Waals surface area contributed by atoms with Crippen LogP contribution in [0.4, 0.5) is 0 Å². The molecule has 1 saturated heterocycles. The van der Waals surface area contributed by atoms with Crippen molar-refractivity contribution < 1.29 is 14.8 Å². The molecule has 1 heterocycles. The number of hydroxylamine groups is 2. The molecule has 0 aromatic heterocycles. The van der Waals surface area contributed by atoms with Crippen molar-refractivity contribution in [1.82, 2.24) is 5.06 Å². The highest BCUT2D eigenvalue weighted by atomic mass is 16.5. The topological polar surface area (TPSA) is 83.6 Å². The van der Waals surface area contributed by atoms with E-state index >= 15 is 0 Å². The van der Waals surface area contributed by atoms with Gasteiger partial charge in [0.05, 0.1) is 6.04 Å². The van der Waals surface area contributed by atoms with Gasteiger partial charge in [0.2, 0.25) is 5.91 Å². The molecule has 0 spiro atoms. The van der Waals surface area contributed by atoms with Gasteiger partial charge in [-0.2, -0.15) is 5.06 Å². The summed E-state index contributed by atoms with van der Waals surface area (Å²) in [5, 5.41) is 10.3. The maximum absolute atomic E-state index is 11.5. The van der Waals surface area contributed by atoms with Gasteiger partial charge in [0.1, 0.15) is 0 Å². The number of nitrogens with two attached hydrogens (primary N) is 1. The number of nitrogens with zero attached hydrogens (tertiary/aromatic N) is 1. The van der Waals surface area contributed by atoms with Crippen LogP contribution in [0.3, 0.4) is 0 Å². The van der Waals surface area contributed by atoms with E-state index in [1.807, 2.05) is 0 Å². The number of amides is 1. The molecule has 0 aliphatic carbocycles. The number of primary amides is 1. The molecule has 5 nitrogen and oxygen atoms in total. The van der Waals surface area contributed by atoms with Crippen molar-refractivity contribution in [3.8, 4) is 0 Å². The molecule has 78 valence electrons. The van der Waals surface area contributed by atoms with Crippen molar-refractivity contribution in [1.29, 1.82) is 0 Å². The molecule has 0 aromatic rings. The van der Waals surface area contributed by atoms with Crippen LogP contribution < -0.4 is 5.73 Å². The van der Waals surface area contributed by atoms with E-state index in [0.29, 0.717) is 13.0 Å². The standard InChI is InChI=1S/C9H14N2O3/c1-6(9(10)13)5-8(12)7-3-2-4-11(7)14/h5,7,14H,2-4H2,1H3,(H2,10,13)/b6-5+. The van der Waals surface area contributed by atoms with Crippen LogP contribution in [-0.2, 0) is 9.59 Å². The van der Waals surface area contributed by atoms with Crippen LogP contribution in [0.2, 0.25) is 0 Å². The molecule has 0 saturated carbocycles. The molecule has 1 aliphatic rings. The van der Waals surface area contributed by atoms with Crippen molar-refractivity contribution in [2.75, 3.05) is 6.54 Å². The van der Waals surface area contributed by atoms with Crippen molar-refractivity contribution in [3.63, 3.8) is 0 Å². The quantitative estimate of drug-likeness (QED) is 0.617. The van der Waals surface area contributed by atoms with Crippen LogP contribution in [0.1, 0.15) is 19.8 Å². The molecule has 1 aliphatic heterocycles. The molecular weight excluding hydrogens is 184 g/mol. The molecule has 1 fully saturated rings. The van der Waals surface area contributed by atoms with Crippen molar-refractivity contribution >= 4 is 11.7 Å². The first-order valence-corrected chi connectivity index (χ1v) is 4.50. The van der Waals surface area contributed by atoms with Gasteiger partial charge in [0.25, 0.3) is 0 Å². The maximum atomic E-state index is 11.5. The molecule has 0 aromatic carbocycles. The van der Waals surface area contributed by atoms with E-state index in [1.54, 1.807) is 0 Å². The third-order valence-corrected chi connectivity index (χ3v) is 2.30. The Balaban J connectivity index is 2.66. The molecule has 14 heavy (non-hydrogen) atoms. The Labute approximate surface area is 82.1 Å². The highest BCUT2D eigenvalue weighted by Gasteiger charge is 2.28. The van der Waals surface area contributed by atoms with Crippen LogP contribution >= 0.6 is 0 Å². The van der Waals surface area contributed by atoms with Gasteiger partial charge in [-0.1, -0.05) is 0 Å². The lowest BCUT2D eigenvalue weighted by Gasteiger charge is -2.13. The minimum absolute atomic E-state index is 0.218. The highest BCUT2D eigenvalue weighted by Crippen LogP contribution is 2.16. The monoisotopic (exact) mass is 198 g/mol. The Morgan fingerprint density at radius 3 is 2.64 bits per heavy atom. The Morgan fingerprint density at radius 2 is 2.21 bits per heavy atom. The summed E-state index contributed by atoms with van der Waals surface area (Å²) >= 11 is 0. The van der Waals surface area contributed by atoms with Crippen LogP contribution in [0.25, 0.3) is 0 Å². The zero-order valence-corrected chi connectivity index (χ0v) is 8.06. The predicted octanol–water partition coefficient (Wildman–Crippen LogP) is -0.159. The summed E-state index contributed by atoms with van der Waals surface area (Å²) in [6, 6.07) is -0.510. The average Bonchev–Trinajstić information content (AvgIpc) is 2.51. The summed E-state index contributed by atoms with van der Waals surface area (Å²) in [5.41, 5.74) is 5.20. The second kappa shape index (κ2) is 4.34. The van der Waals surface area contributed by atoms with Gasteiger partial charge in [-0.3, -0.25) is 9.59 Å². The van der Waals surface area contributed by atoms with Crippen molar-refractivity contribution in [2.24, 2.45) is 5.73 Å². The van der Waals surface area contributed by atoms with Crippen molar-refractivity contribution in [2.45, 2.75) is 25.8 Å². The lowest BCUT2D eigenvalue weighted by molar-refractivity contribution is -0.139. The fraction of sp³-hybridized carbons (Fsp3) is 0.556. The Morgan fingerprint density at radius 1 is 1.57 bits per heavy atom. The highest BCUT2D eigenvalue weighted by molar-refractivity contribution is 6.02. The summed E-state index contributed by atoms with van der Waals surface area (Å²) in [6.45, 7) is 1.98. The SMILES string of the molecule is C/C(=C\C(=O)C1CCCN1O)C(N)=O. The van der Waals surface area contributed by atoms with Gasteiger partial charge < -0.3 is 10.9 Å². The Bertz CT molecular complexity index is 286. The summed E-state index contributed by atoms with van der Waals surface area (Å²) in [6.07, 6.45) is 2.61. The van der Waals surface area contributed by atoms with Gasteiger partial charge >= 0.3 is 0 Å². The number of carbonyl (C=O) groups is 2. The molecule has 0 radical (unpaired) electrons. The van der Waals surface area contributed by atoms with E-state index < -0.39 is 11.9 Å². The summed E-state index contributed by atoms with van der Waals surface area (Å²) in [5.74, 6) is -0.873. The molecule has 0 bridgehead atoms. The van der Waals surface area contributed by atoms with Gasteiger partial charge in [-0.25, -0.2) is 0 Å². The Kier molecular flexibility index (Phi) is 3.38. The maximum Gasteiger partial charge on any atom is 0.244 e. The molecule has 3 N–H and O–H groups in total. The molecular formula is C9H14N2O3. The first-order chi connectivity index (χ1) is 6.52. The summed E-state index contributed by atoms with van der Waals surface area (Å²) in [4.78, 5) is 22.1. The first-order valence-electron chi connectivity index (χ1n) is 4.50. The normalized spacial score (nSPS) is 23.9. The van der Waals surface area contributed by atoms with E-state index in [-0.39, 0.29) is 11.4 Å². The van der Waals surface area contributed by atoms with Crippen LogP contribution in [-0.4, -0.2) is 34.5 Å². The van der Waals surface area contributed by atoms with Gasteiger partial charge in [0.15, 0.2) is 5.78 Å². The lowest BCUT2D eigenvalue weighted by Crippen LogP contribution is -2.32. The van der Waals surface area contributed by atoms with Gasteiger partial charge in [-0.15, -0.1) is 0 Å². The van der Waals surface area contributed by atoms with Crippen LogP contribution in [0.5, 0.6) is 0 Å². The fourth-order valence-electron chi connectivity index (χ4n) is 1.42. The molecule has 1 amide bonds. The van der Waals surface area contributed by atoms with E-state index in [4.69, 9.17) is 5.73 Å². The second-order valence-electron chi connectivity index (χ2n) is 3.42. The van der Waals surface area contributed by atoms with E-state index in [1.165, 1.54) is 13.0 Å². The summed E-state index contributed by atoms with van der Waals surface area (Å²) in [7, 11) is 0. The minimum atomic E-state index is -0.610. The molecule has 1 unspecified atom stereocenters. The minimum Gasteiger partial charge on any atom is -0.366 e. The third-order valence-electron chi connectivity index (χ3n) is 2.30. The van der Waals surface area contributed by atoms with Gasteiger partial charge in [0, 0.05) is 12.1 Å². The molecule has 1 atom stereocenters. The van der Waals surface area contributed by atoms with Crippen LogP contribution in [0.15, 0.2) is 11.6 Å². The van der Waals surface area contributed by atoms with E-state index in [2.05, 4.69) is 0 Å². The number of hydrogen-bond acceptors (Lipinski definition) is 4. The summed E-state index contributed by atoms with van der Waals surface area (Å²) < 4.78 is 0. The number of ketones is 1. The van der Waals surface area contributed by atoms with Crippen molar-refractivity contribution in [3.05, 3.63) is 11.6 Å². The molecule has 5 heteroatoms. The van der Waals surface area contributed by atoms with E-state index in [9.17, 15) is 14.8 Å². The number of hydrogen-bond donors (Lipinski definition) is 2. The fourth-order valence-corrected chi connectivity index (χ4v) is 1.42. The largest absolute Gasteiger partial charge is 0.366 e. The second-order valence-corrected chi connectivity index (χ2v) is 3.42. The van der Waals surface area contributed by atoms with E-state index in [0.717, 1.165) is 11.5 Å². The number of carbonyl (C=O) groups excluding carboxylic acids is 2. The first kappa shape index (κ1) is 10.9. The smallest absolute Gasteiger partial charge is 0.244 e. The third kappa shape index (κ3) is 2.40. The lowest BCUT2D eigenvalue weighted by atomic mass is 10.1. The van der Waals surface area contributed by atoms with Crippen LogP contribution in [0, 0.1) is 0 Å². The van der Waals surface area contributed by atoms with Gasteiger partial charge in [-0.05, 0) is 25.8 Å². The Hall–Kier alpha value is -1.20. The number of rotatable bonds is 3. The average molecular weight is 198 g/mol. The zero-order chi connectivity index (χ0) is 10.7.